The van der Waals surface area contributed by atoms with Gasteiger partial charge in [-0.2, -0.15) is 8.78 Å². The van der Waals surface area contributed by atoms with Gasteiger partial charge in [0, 0.05) is 0 Å². The Hall–Kier alpha value is -3.00. The van der Waals surface area contributed by atoms with E-state index in [9.17, 15) is 18.4 Å². The largest absolute Gasteiger partial charge is 0.453 e. The molecule has 0 fully saturated rings. The fourth-order valence-electron chi connectivity index (χ4n) is 2.46. The van der Waals surface area contributed by atoms with Gasteiger partial charge in [-0.25, -0.2) is 4.79 Å². The lowest BCUT2D eigenvalue weighted by molar-refractivity contribution is -0.122. The number of halogens is 2. The molecule has 0 saturated carbocycles. The molecule has 8 heteroatoms. The summed E-state index contributed by atoms with van der Waals surface area (Å²) >= 11 is 0. The van der Waals surface area contributed by atoms with E-state index < -0.39 is 30.7 Å². The average molecular weight is 378 g/mol. The van der Waals surface area contributed by atoms with Crippen molar-refractivity contribution in [2.24, 2.45) is 0 Å². The molecule has 6 nitrogen and oxygen atoms in total. The molecule has 0 heterocycles. The maximum absolute atomic E-state index is 12.3. The summed E-state index contributed by atoms with van der Waals surface area (Å²) in [4.78, 5) is 23.3. The molecule has 0 aromatic heterocycles. The van der Waals surface area contributed by atoms with Gasteiger partial charge in [0.05, 0.1) is 19.2 Å². The highest BCUT2D eigenvalue weighted by Gasteiger charge is 2.22. The molecular formula is C19H20F2N2O4. The quantitative estimate of drug-likeness (QED) is 0.774. The zero-order chi connectivity index (χ0) is 19.8. The fourth-order valence-corrected chi connectivity index (χ4v) is 2.46. The molecule has 0 aliphatic carbocycles. The summed E-state index contributed by atoms with van der Waals surface area (Å²) in [6, 6.07) is 14.3. The zero-order valence-corrected chi connectivity index (χ0v) is 14.8. The van der Waals surface area contributed by atoms with Gasteiger partial charge in [0.15, 0.2) is 0 Å². The van der Waals surface area contributed by atoms with E-state index in [1.165, 1.54) is 12.1 Å². The van der Waals surface area contributed by atoms with Crippen molar-refractivity contribution in [3.05, 3.63) is 65.7 Å². The first-order valence-corrected chi connectivity index (χ1v) is 8.15. The molecule has 2 amide bonds. The first-order chi connectivity index (χ1) is 12.9. The monoisotopic (exact) mass is 378 g/mol. The number of ether oxygens (including phenoxy) is 2. The van der Waals surface area contributed by atoms with Crippen LogP contribution in [0.3, 0.4) is 0 Å². The molecule has 0 spiro atoms. The number of alkyl carbamates (subject to hydrolysis) is 1. The topological polar surface area (TPSA) is 76.7 Å². The third-order valence-electron chi connectivity index (χ3n) is 3.79. The Morgan fingerprint density at radius 3 is 2.11 bits per heavy atom. The van der Waals surface area contributed by atoms with Crippen LogP contribution in [0, 0.1) is 0 Å². The number of alkyl halides is 2. The van der Waals surface area contributed by atoms with Gasteiger partial charge in [0.1, 0.15) is 5.75 Å². The number of amides is 2. The van der Waals surface area contributed by atoms with Crippen LogP contribution in [0.25, 0.3) is 0 Å². The Balaban J connectivity index is 2.22. The van der Waals surface area contributed by atoms with Crippen molar-refractivity contribution in [1.82, 2.24) is 10.6 Å². The minimum Gasteiger partial charge on any atom is -0.453 e. The Labute approximate surface area is 155 Å². The van der Waals surface area contributed by atoms with E-state index in [1.54, 1.807) is 19.1 Å². The number of nitrogens with one attached hydrogen (secondary N) is 2. The Morgan fingerprint density at radius 2 is 1.56 bits per heavy atom. The van der Waals surface area contributed by atoms with Crippen LogP contribution < -0.4 is 15.4 Å². The Kier molecular flexibility index (Phi) is 7.25. The minimum atomic E-state index is -2.90. The van der Waals surface area contributed by atoms with Crippen molar-refractivity contribution >= 4 is 12.0 Å². The molecule has 0 saturated heterocycles. The SMILES string of the molecule is COC(=O)NC(=O)[C@@H](C)N[C@@H](c1ccccc1)c1ccc(OC(F)F)cc1. The van der Waals surface area contributed by atoms with Crippen molar-refractivity contribution < 1.29 is 27.8 Å². The van der Waals surface area contributed by atoms with E-state index >= 15 is 0 Å². The lowest BCUT2D eigenvalue weighted by Crippen LogP contribution is -2.45. The Morgan fingerprint density at radius 1 is 0.963 bits per heavy atom. The van der Waals surface area contributed by atoms with Gasteiger partial charge in [-0.05, 0) is 30.2 Å². The first-order valence-electron chi connectivity index (χ1n) is 8.15. The second kappa shape index (κ2) is 9.63. The van der Waals surface area contributed by atoms with Crippen molar-refractivity contribution in [3.8, 4) is 5.75 Å². The highest BCUT2D eigenvalue weighted by atomic mass is 19.3. The highest BCUT2D eigenvalue weighted by Crippen LogP contribution is 2.25. The molecular weight excluding hydrogens is 358 g/mol. The molecule has 2 N–H and O–H groups in total. The maximum atomic E-state index is 12.3. The van der Waals surface area contributed by atoms with Gasteiger partial charge >= 0.3 is 12.7 Å². The van der Waals surface area contributed by atoms with Crippen molar-refractivity contribution in [1.29, 1.82) is 0 Å². The summed E-state index contributed by atoms with van der Waals surface area (Å²) in [5.41, 5.74) is 1.60. The van der Waals surface area contributed by atoms with Gasteiger partial charge in [-0.3, -0.25) is 15.4 Å². The van der Waals surface area contributed by atoms with E-state index in [0.717, 1.165) is 18.2 Å². The van der Waals surface area contributed by atoms with Crippen molar-refractivity contribution in [2.45, 2.75) is 25.6 Å². The highest BCUT2D eigenvalue weighted by molar-refractivity contribution is 5.94. The van der Waals surface area contributed by atoms with Gasteiger partial charge < -0.3 is 9.47 Å². The number of carbonyl (C=O) groups excluding carboxylic acids is 2. The molecule has 2 aromatic carbocycles. The normalized spacial score (nSPS) is 12.9. The lowest BCUT2D eigenvalue weighted by atomic mass is 9.97. The lowest BCUT2D eigenvalue weighted by Gasteiger charge is -2.24. The van der Waals surface area contributed by atoms with E-state index in [1.807, 2.05) is 30.3 Å². The smallest absolute Gasteiger partial charge is 0.413 e. The molecule has 2 rings (SSSR count). The molecule has 2 aromatic rings. The number of hydrogen-bond acceptors (Lipinski definition) is 5. The summed E-state index contributed by atoms with van der Waals surface area (Å²) in [5.74, 6) is -0.516. The van der Waals surface area contributed by atoms with Crippen LogP contribution in [-0.2, 0) is 9.53 Å². The number of hydrogen-bond donors (Lipinski definition) is 2. The summed E-state index contributed by atoms with van der Waals surface area (Å²) < 4.78 is 33.4. The molecule has 0 aliphatic heterocycles. The van der Waals surface area contributed by atoms with Crippen LogP contribution in [-0.4, -0.2) is 31.8 Å². The van der Waals surface area contributed by atoms with Gasteiger partial charge in [-0.15, -0.1) is 0 Å². The Bertz CT molecular complexity index is 754. The molecule has 27 heavy (non-hydrogen) atoms. The van der Waals surface area contributed by atoms with E-state index in [-0.39, 0.29) is 5.75 Å². The van der Waals surface area contributed by atoms with E-state index in [4.69, 9.17) is 0 Å². The summed E-state index contributed by atoms with van der Waals surface area (Å²) in [6.45, 7) is -1.30. The first kappa shape index (κ1) is 20.3. The average Bonchev–Trinajstić information content (AvgIpc) is 2.66. The second-order valence-electron chi connectivity index (χ2n) is 5.66. The maximum Gasteiger partial charge on any atom is 0.413 e. The molecule has 0 aliphatic rings. The predicted octanol–water partition coefficient (Wildman–Crippen LogP) is 3.24. The summed E-state index contributed by atoms with van der Waals surface area (Å²) in [5, 5.41) is 5.23. The molecule has 0 bridgehead atoms. The van der Waals surface area contributed by atoms with E-state index in [2.05, 4.69) is 20.1 Å². The van der Waals surface area contributed by atoms with Gasteiger partial charge in [0.2, 0.25) is 5.91 Å². The molecule has 0 unspecified atom stereocenters. The van der Waals surface area contributed by atoms with E-state index in [0.29, 0.717) is 0 Å². The third-order valence-corrected chi connectivity index (χ3v) is 3.79. The van der Waals surface area contributed by atoms with Crippen LogP contribution in [0.2, 0.25) is 0 Å². The van der Waals surface area contributed by atoms with Gasteiger partial charge in [0.25, 0.3) is 0 Å². The van der Waals surface area contributed by atoms with Crippen molar-refractivity contribution in [2.75, 3.05) is 7.11 Å². The second-order valence-corrected chi connectivity index (χ2v) is 5.66. The number of methoxy groups -OCH3 is 1. The molecule has 2 atom stereocenters. The van der Waals surface area contributed by atoms with Crippen molar-refractivity contribution in [3.63, 3.8) is 0 Å². The van der Waals surface area contributed by atoms with Crippen LogP contribution in [0.1, 0.15) is 24.1 Å². The third kappa shape index (κ3) is 6.03. The predicted molar refractivity (Wildman–Crippen MR) is 94.5 cm³/mol. The number of benzene rings is 2. The zero-order valence-electron chi connectivity index (χ0n) is 14.8. The standard InChI is InChI=1S/C19H20F2N2O4/c1-12(17(24)23-19(25)26-2)22-16(13-6-4-3-5-7-13)14-8-10-15(11-9-14)27-18(20)21/h3-12,16,18,22H,1-2H3,(H,23,24,25)/t12-,16+/m1/s1. The number of imide groups is 1. The molecule has 0 radical (unpaired) electrons. The summed E-state index contributed by atoms with van der Waals surface area (Å²) in [6.07, 6.45) is -0.849. The van der Waals surface area contributed by atoms with Gasteiger partial charge in [-0.1, -0.05) is 42.5 Å². The fraction of sp³-hybridized carbons (Fsp3) is 0.263. The van der Waals surface area contributed by atoms with Crippen LogP contribution in [0.5, 0.6) is 5.75 Å². The van der Waals surface area contributed by atoms with Crippen LogP contribution in [0.15, 0.2) is 54.6 Å². The number of carbonyl (C=O) groups is 2. The minimum absolute atomic E-state index is 0.0389. The molecule has 144 valence electrons. The number of rotatable bonds is 7. The van der Waals surface area contributed by atoms with Crippen LogP contribution >= 0.6 is 0 Å². The summed E-state index contributed by atoms with van der Waals surface area (Å²) in [7, 11) is 1.16. The van der Waals surface area contributed by atoms with Crippen LogP contribution in [0.4, 0.5) is 13.6 Å².